The number of rotatable bonds is 29. The molecule has 2 aliphatic rings. The highest BCUT2D eigenvalue weighted by Crippen LogP contribution is 2.51. The number of benzene rings is 2. The van der Waals surface area contributed by atoms with Crippen molar-refractivity contribution in [2.24, 2.45) is 0 Å². The summed E-state index contributed by atoms with van der Waals surface area (Å²) in [7, 11) is -8.64. The third kappa shape index (κ3) is 16.0. The second-order valence-corrected chi connectivity index (χ2v) is 21.8. The van der Waals surface area contributed by atoms with E-state index in [-0.39, 0.29) is 47.5 Å². The number of carboxylic acids is 1. The summed E-state index contributed by atoms with van der Waals surface area (Å²) in [4.78, 5) is 48.4. The Balaban J connectivity index is 1.16. The van der Waals surface area contributed by atoms with Crippen LogP contribution in [0.15, 0.2) is 94.3 Å². The molecular formula is C51H71N8O10S2+. The smallest absolute Gasteiger partial charge is 0.350 e. The number of allylic oxidation sites excluding steroid dienone is 8. The van der Waals surface area contributed by atoms with Gasteiger partial charge in [0.15, 0.2) is 5.71 Å². The molecule has 20 heteroatoms. The summed E-state index contributed by atoms with van der Waals surface area (Å²) in [6, 6.07) is 11.0. The van der Waals surface area contributed by atoms with Gasteiger partial charge in [0.05, 0.1) is 16.1 Å². The zero-order valence-electron chi connectivity index (χ0n) is 41.5. The van der Waals surface area contributed by atoms with E-state index < -0.39 is 43.1 Å². The number of unbranched alkanes of at least 4 members (excludes halogenated alkanes) is 4. The Bertz CT molecular complexity index is 2820. The number of aryl methyl sites for hydroxylation is 1. The summed E-state index contributed by atoms with van der Waals surface area (Å²) >= 11 is 0. The number of H-pyrrole nitrogens is 1. The van der Waals surface area contributed by atoms with Crippen LogP contribution in [0.1, 0.15) is 121 Å². The molecule has 7 N–H and O–H groups in total. The number of nitrogens with zero attached hydrogens (tertiary/aromatic N) is 4. The molecule has 0 bridgehead atoms. The number of anilines is 3. The molecule has 1 unspecified atom stereocenters. The van der Waals surface area contributed by atoms with Crippen molar-refractivity contribution in [1.29, 1.82) is 0 Å². The largest absolute Gasteiger partial charge is 0.481 e. The summed E-state index contributed by atoms with van der Waals surface area (Å²) in [6.07, 6.45) is 21.5. The molecule has 1 aromatic heterocycles. The van der Waals surface area contributed by atoms with Crippen LogP contribution < -0.4 is 26.5 Å². The van der Waals surface area contributed by atoms with Gasteiger partial charge in [0.2, 0.25) is 23.5 Å². The number of aliphatic carboxylic acids is 1. The molecule has 0 radical (unpaired) electrons. The summed E-state index contributed by atoms with van der Waals surface area (Å²) in [6.45, 7) is 13.0. The van der Waals surface area contributed by atoms with E-state index in [9.17, 15) is 40.3 Å². The lowest BCUT2D eigenvalue weighted by atomic mass is 9.76. The number of carbonyl (C=O) groups excluding carboxylic acids is 1. The van der Waals surface area contributed by atoms with Crippen LogP contribution in [0.25, 0.3) is 0 Å². The third-order valence-corrected chi connectivity index (χ3v) is 14.4. The maximum absolute atomic E-state index is 12.8. The van der Waals surface area contributed by atoms with Crippen molar-refractivity contribution < 1.29 is 45.2 Å². The van der Waals surface area contributed by atoms with Crippen LogP contribution in [-0.2, 0) is 40.7 Å². The van der Waals surface area contributed by atoms with Crippen LogP contribution in [0.2, 0.25) is 0 Å². The molecule has 0 aliphatic carbocycles. The Hall–Kier alpha value is -5.96. The first-order valence-electron chi connectivity index (χ1n) is 24.4. The number of amides is 1. The summed E-state index contributed by atoms with van der Waals surface area (Å²) in [5.41, 5.74) is 5.54. The van der Waals surface area contributed by atoms with Gasteiger partial charge in [0.1, 0.15) is 6.54 Å². The van der Waals surface area contributed by atoms with Gasteiger partial charge in [0.25, 0.3) is 20.2 Å². The minimum atomic E-state index is -4.46. The SMILES string of the molecule is CCCN1C(=CC=CC=CC=CC2=[N+](CCCS(=O)(=O)O)c3ccc(S(=O)(=O)O)cc3C2(C)C)C(C)(CCCCCC(=O)NCCCNc2nc(NCCCCCC(=O)O)[nH]c(=O)n2)c2cc(C)ccc21. The molecule has 2 aliphatic heterocycles. The molecule has 3 aromatic rings. The number of nitrogens with one attached hydrogen (secondary N) is 4. The van der Waals surface area contributed by atoms with Gasteiger partial charge in [-0.2, -0.15) is 31.4 Å². The van der Waals surface area contributed by atoms with Gasteiger partial charge < -0.3 is 26.0 Å². The fraction of sp³-hybridized carbons (Fsp3) is 0.490. The topological polar surface area (TPSA) is 264 Å². The van der Waals surface area contributed by atoms with Crippen molar-refractivity contribution in [3.05, 3.63) is 112 Å². The van der Waals surface area contributed by atoms with Gasteiger partial charge in [0, 0.05) is 79.9 Å². The number of carboxylic acid groups (broad SMARTS) is 1. The van der Waals surface area contributed by atoms with Crippen LogP contribution in [0, 0.1) is 6.92 Å². The highest BCUT2D eigenvalue weighted by atomic mass is 32.2. The van der Waals surface area contributed by atoms with E-state index in [1.165, 1.54) is 34.6 Å². The van der Waals surface area contributed by atoms with E-state index in [0.717, 1.165) is 57.2 Å². The van der Waals surface area contributed by atoms with Crippen LogP contribution in [-0.4, -0.2) is 107 Å². The Kier molecular flexibility index (Phi) is 20.0. The van der Waals surface area contributed by atoms with Gasteiger partial charge in [-0.25, -0.2) is 4.79 Å². The molecule has 2 aromatic carbocycles. The quantitative estimate of drug-likeness (QED) is 0.0152. The maximum Gasteiger partial charge on any atom is 0.350 e. The van der Waals surface area contributed by atoms with Crippen molar-refractivity contribution in [2.75, 3.05) is 54.0 Å². The minimum absolute atomic E-state index is 0.0130. The van der Waals surface area contributed by atoms with E-state index in [4.69, 9.17) is 5.11 Å². The first kappa shape index (κ1) is 56.0. The lowest BCUT2D eigenvalue weighted by Crippen LogP contribution is -2.29. The molecule has 0 fully saturated rings. The lowest BCUT2D eigenvalue weighted by Gasteiger charge is -2.30. The van der Waals surface area contributed by atoms with Crippen LogP contribution >= 0.6 is 0 Å². The molecule has 1 atom stereocenters. The summed E-state index contributed by atoms with van der Waals surface area (Å²) in [5, 5.41) is 17.8. The Morgan fingerprint density at radius 3 is 2.27 bits per heavy atom. The average Bonchev–Trinajstić information content (AvgIpc) is 3.64. The highest BCUT2D eigenvalue weighted by Gasteiger charge is 2.45. The number of aromatic nitrogens is 3. The van der Waals surface area contributed by atoms with Crippen molar-refractivity contribution in [3.63, 3.8) is 0 Å². The van der Waals surface area contributed by atoms with E-state index in [0.29, 0.717) is 50.1 Å². The fourth-order valence-corrected chi connectivity index (χ4v) is 10.2. The second kappa shape index (κ2) is 25.4. The standard InChI is InChI=1S/C51H70N8O10S2/c1-6-32-58-42-26-24-37(2)35-40(42)51(5,28-16-10-14-22-45(60)52-30-18-31-54-48-55-47(56-49(63)57-48)53-29-17-11-15-23-46(61)62)44(58)21-13-9-7-8-12-20-43-50(3,4)39-36-38(71(67,68)69)25-27-41(39)59(43)33-19-34-70(64,65)66/h7-9,12-13,20-21,24-27,35-36H,6,10-11,14-19,22-23,28-34H2,1-5H3,(H6-,52,53,54,55,56,57,60,61,62,63,64,65,66,67,68,69)/p+1. The molecule has 3 heterocycles. The number of fused-ring (bicyclic) bond motifs is 2. The number of hydrogen-bond donors (Lipinski definition) is 7. The molecular weight excluding hydrogens is 949 g/mol. The molecule has 0 saturated heterocycles. The predicted molar refractivity (Wildman–Crippen MR) is 278 cm³/mol. The van der Waals surface area contributed by atoms with Gasteiger partial charge in [-0.3, -0.25) is 23.7 Å². The van der Waals surface area contributed by atoms with Crippen molar-refractivity contribution in [2.45, 2.75) is 127 Å². The molecule has 71 heavy (non-hydrogen) atoms. The number of carbonyl (C=O) groups is 2. The van der Waals surface area contributed by atoms with E-state index in [2.05, 4.69) is 80.8 Å². The molecule has 0 spiro atoms. The number of aromatic amines is 1. The molecule has 1 amide bonds. The fourth-order valence-electron chi connectivity index (χ4n) is 9.22. The van der Waals surface area contributed by atoms with Gasteiger partial charge in [-0.05, 0) is 96.1 Å². The summed E-state index contributed by atoms with van der Waals surface area (Å²) < 4.78 is 68.1. The second-order valence-electron chi connectivity index (χ2n) is 18.8. The van der Waals surface area contributed by atoms with Gasteiger partial charge in [-0.1, -0.05) is 74.3 Å². The van der Waals surface area contributed by atoms with E-state index >= 15 is 0 Å². The van der Waals surface area contributed by atoms with Crippen molar-refractivity contribution in [1.82, 2.24) is 20.3 Å². The zero-order chi connectivity index (χ0) is 51.8. The first-order chi connectivity index (χ1) is 33.6. The predicted octanol–water partition coefficient (Wildman–Crippen LogP) is 7.74. The average molecular weight is 1020 g/mol. The van der Waals surface area contributed by atoms with E-state index in [1.807, 2.05) is 54.9 Å². The minimum Gasteiger partial charge on any atom is -0.481 e. The normalized spacial score (nSPS) is 17.2. The third-order valence-electron chi connectivity index (χ3n) is 12.8. The first-order valence-corrected chi connectivity index (χ1v) is 27.5. The molecule has 18 nitrogen and oxygen atoms in total. The van der Waals surface area contributed by atoms with Gasteiger partial charge >= 0.3 is 11.7 Å². The Morgan fingerprint density at radius 2 is 1.54 bits per heavy atom. The molecule has 386 valence electrons. The molecule has 0 saturated carbocycles. The van der Waals surface area contributed by atoms with Crippen LogP contribution in [0.4, 0.5) is 23.3 Å². The molecule has 5 rings (SSSR count). The van der Waals surface area contributed by atoms with Crippen molar-refractivity contribution in [3.8, 4) is 0 Å². The van der Waals surface area contributed by atoms with Crippen LogP contribution in [0.3, 0.4) is 0 Å². The maximum atomic E-state index is 12.8. The van der Waals surface area contributed by atoms with Crippen molar-refractivity contribution >= 4 is 61.1 Å². The number of hydrogen-bond acceptors (Lipinski definition) is 12. The monoisotopic (exact) mass is 1020 g/mol. The highest BCUT2D eigenvalue weighted by molar-refractivity contribution is 7.86. The summed E-state index contributed by atoms with van der Waals surface area (Å²) in [5.74, 6) is -0.796. The lowest BCUT2D eigenvalue weighted by molar-refractivity contribution is -0.437. The van der Waals surface area contributed by atoms with Crippen LogP contribution in [0.5, 0.6) is 0 Å². The van der Waals surface area contributed by atoms with E-state index in [1.54, 1.807) is 6.07 Å². The zero-order valence-corrected chi connectivity index (χ0v) is 43.2. The van der Waals surface area contributed by atoms with Gasteiger partial charge in [-0.15, -0.1) is 0 Å². The Labute approximate surface area is 418 Å². The Morgan fingerprint density at radius 1 is 0.817 bits per heavy atom.